The summed E-state index contributed by atoms with van der Waals surface area (Å²) in [6.07, 6.45) is 4.41. The third-order valence-corrected chi connectivity index (χ3v) is 4.27. The molecule has 1 unspecified atom stereocenters. The second-order valence-electron chi connectivity index (χ2n) is 6.42. The SMILES string of the molecule is CC(C)(C)C1CCC(C2NC(=O)NC2=O)CC1. The molecule has 0 aromatic rings. The van der Waals surface area contributed by atoms with Crippen molar-refractivity contribution >= 4 is 11.9 Å². The predicted octanol–water partition coefficient (Wildman–Crippen LogP) is 2.05. The zero-order valence-corrected chi connectivity index (χ0v) is 10.9. The van der Waals surface area contributed by atoms with E-state index < -0.39 is 0 Å². The van der Waals surface area contributed by atoms with Crippen LogP contribution in [0.5, 0.6) is 0 Å². The Morgan fingerprint density at radius 2 is 1.65 bits per heavy atom. The van der Waals surface area contributed by atoms with E-state index in [4.69, 9.17) is 0 Å². The van der Waals surface area contributed by atoms with E-state index in [9.17, 15) is 9.59 Å². The largest absolute Gasteiger partial charge is 0.326 e. The first kappa shape index (κ1) is 12.4. The number of carbonyl (C=O) groups is 2. The van der Waals surface area contributed by atoms with Crippen LogP contribution in [0.2, 0.25) is 0 Å². The van der Waals surface area contributed by atoms with Gasteiger partial charge in [-0.2, -0.15) is 0 Å². The second-order valence-corrected chi connectivity index (χ2v) is 6.42. The molecular formula is C13H22N2O2. The van der Waals surface area contributed by atoms with Gasteiger partial charge in [-0.1, -0.05) is 20.8 Å². The van der Waals surface area contributed by atoms with E-state index in [1.165, 1.54) is 0 Å². The minimum Gasteiger partial charge on any atom is -0.326 e. The molecule has 1 heterocycles. The van der Waals surface area contributed by atoms with E-state index in [2.05, 4.69) is 31.4 Å². The van der Waals surface area contributed by atoms with Crippen molar-refractivity contribution in [1.82, 2.24) is 10.6 Å². The second kappa shape index (κ2) is 4.31. The molecule has 4 heteroatoms. The minimum absolute atomic E-state index is 0.144. The van der Waals surface area contributed by atoms with Crippen molar-refractivity contribution in [2.75, 3.05) is 0 Å². The Kier molecular flexibility index (Phi) is 3.15. The molecule has 96 valence electrons. The van der Waals surface area contributed by atoms with E-state index in [-0.39, 0.29) is 18.0 Å². The van der Waals surface area contributed by atoms with Crippen LogP contribution < -0.4 is 10.6 Å². The molecule has 2 aliphatic rings. The molecular weight excluding hydrogens is 216 g/mol. The van der Waals surface area contributed by atoms with Crippen LogP contribution in [0.15, 0.2) is 0 Å². The average Bonchev–Trinajstić information content (AvgIpc) is 2.57. The normalized spacial score (nSPS) is 34.4. The zero-order valence-electron chi connectivity index (χ0n) is 10.9. The Hall–Kier alpha value is -1.06. The molecule has 0 aromatic carbocycles. The van der Waals surface area contributed by atoms with Crippen molar-refractivity contribution in [2.24, 2.45) is 17.3 Å². The average molecular weight is 238 g/mol. The summed E-state index contributed by atoms with van der Waals surface area (Å²) in [7, 11) is 0. The van der Waals surface area contributed by atoms with Gasteiger partial charge in [-0.25, -0.2) is 4.79 Å². The molecule has 2 rings (SSSR count). The molecule has 2 N–H and O–H groups in total. The van der Waals surface area contributed by atoms with E-state index in [1.807, 2.05) is 0 Å². The summed E-state index contributed by atoms with van der Waals surface area (Å²) in [5, 5.41) is 5.04. The van der Waals surface area contributed by atoms with Crippen LogP contribution in [0.1, 0.15) is 46.5 Å². The van der Waals surface area contributed by atoms with E-state index >= 15 is 0 Å². The molecule has 1 saturated carbocycles. The van der Waals surface area contributed by atoms with Crippen molar-refractivity contribution in [3.8, 4) is 0 Å². The quantitative estimate of drug-likeness (QED) is 0.687. The number of nitrogens with one attached hydrogen (secondary N) is 2. The number of amides is 3. The summed E-state index contributed by atoms with van der Waals surface area (Å²) in [6, 6.07) is -0.624. The zero-order chi connectivity index (χ0) is 12.6. The van der Waals surface area contributed by atoms with Crippen molar-refractivity contribution in [1.29, 1.82) is 0 Å². The molecule has 0 radical (unpaired) electrons. The van der Waals surface area contributed by atoms with E-state index in [1.54, 1.807) is 0 Å². The van der Waals surface area contributed by atoms with Crippen LogP contribution in [-0.4, -0.2) is 18.0 Å². The molecule has 1 aliphatic carbocycles. The van der Waals surface area contributed by atoms with Gasteiger partial charge >= 0.3 is 6.03 Å². The highest BCUT2D eigenvalue weighted by atomic mass is 16.2. The van der Waals surface area contributed by atoms with Crippen molar-refractivity contribution in [2.45, 2.75) is 52.5 Å². The monoisotopic (exact) mass is 238 g/mol. The fraction of sp³-hybridized carbons (Fsp3) is 0.846. The maximum atomic E-state index is 11.6. The lowest BCUT2D eigenvalue weighted by atomic mass is 9.68. The van der Waals surface area contributed by atoms with Gasteiger partial charge in [-0.3, -0.25) is 10.1 Å². The Morgan fingerprint density at radius 3 is 2.06 bits per heavy atom. The first-order chi connectivity index (χ1) is 7.88. The van der Waals surface area contributed by atoms with Crippen molar-refractivity contribution < 1.29 is 9.59 Å². The lowest BCUT2D eigenvalue weighted by Crippen LogP contribution is -2.40. The van der Waals surface area contributed by atoms with Crippen LogP contribution in [-0.2, 0) is 4.79 Å². The van der Waals surface area contributed by atoms with Crippen LogP contribution >= 0.6 is 0 Å². The molecule has 1 aliphatic heterocycles. The van der Waals surface area contributed by atoms with Crippen LogP contribution in [0.3, 0.4) is 0 Å². The van der Waals surface area contributed by atoms with Gasteiger partial charge < -0.3 is 5.32 Å². The van der Waals surface area contributed by atoms with Crippen LogP contribution in [0.4, 0.5) is 4.79 Å². The molecule has 4 nitrogen and oxygen atoms in total. The molecule has 17 heavy (non-hydrogen) atoms. The van der Waals surface area contributed by atoms with Crippen LogP contribution in [0.25, 0.3) is 0 Å². The summed E-state index contributed by atoms with van der Waals surface area (Å²) < 4.78 is 0. The fourth-order valence-electron chi connectivity index (χ4n) is 3.08. The molecule has 0 spiro atoms. The number of carbonyl (C=O) groups excluding carboxylic acids is 2. The van der Waals surface area contributed by atoms with Gasteiger partial charge in [-0.15, -0.1) is 0 Å². The molecule has 0 aromatic heterocycles. The first-order valence-corrected chi connectivity index (χ1v) is 6.49. The smallest absolute Gasteiger partial charge is 0.322 e. The maximum Gasteiger partial charge on any atom is 0.322 e. The highest BCUT2D eigenvalue weighted by molar-refractivity contribution is 6.04. The van der Waals surface area contributed by atoms with Gasteiger partial charge in [0.05, 0.1) is 0 Å². The molecule has 1 saturated heterocycles. The Labute approximate surface area is 103 Å². The number of hydrogen-bond donors (Lipinski definition) is 2. The maximum absolute atomic E-state index is 11.6. The van der Waals surface area contributed by atoms with Crippen LogP contribution in [0, 0.1) is 17.3 Å². The van der Waals surface area contributed by atoms with E-state index in [0.717, 1.165) is 31.6 Å². The predicted molar refractivity (Wildman–Crippen MR) is 65.4 cm³/mol. The van der Waals surface area contributed by atoms with Crippen molar-refractivity contribution in [3.05, 3.63) is 0 Å². The lowest BCUT2D eigenvalue weighted by molar-refractivity contribution is -0.121. The molecule has 1 atom stereocenters. The van der Waals surface area contributed by atoms with E-state index in [0.29, 0.717) is 11.3 Å². The first-order valence-electron chi connectivity index (χ1n) is 6.49. The highest BCUT2D eigenvalue weighted by Crippen LogP contribution is 2.40. The summed E-state index contributed by atoms with van der Waals surface area (Å²) in [4.78, 5) is 22.7. The van der Waals surface area contributed by atoms with Gasteiger partial charge in [0.1, 0.15) is 6.04 Å². The third kappa shape index (κ3) is 2.61. The third-order valence-electron chi connectivity index (χ3n) is 4.27. The highest BCUT2D eigenvalue weighted by Gasteiger charge is 2.39. The standard InChI is InChI=1S/C13H22N2O2/c1-13(2,3)9-6-4-8(5-7-9)10-11(16)15-12(17)14-10/h8-10H,4-7H2,1-3H3,(H2,14,15,16,17). The summed E-state index contributed by atoms with van der Waals surface area (Å²) in [6.45, 7) is 6.84. The minimum atomic E-state index is -0.335. The van der Waals surface area contributed by atoms with Gasteiger partial charge in [0.25, 0.3) is 5.91 Å². The summed E-state index contributed by atoms with van der Waals surface area (Å²) in [5.41, 5.74) is 0.353. The van der Waals surface area contributed by atoms with Gasteiger partial charge in [0.15, 0.2) is 0 Å². The Balaban J connectivity index is 1.91. The van der Waals surface area contributed by atoms with Crippen molar-refractivity contribution in [3.63, 3.8) is 0 Å². The Bertz CT molecular complexity index is 325. The molecule has 0 bridgehead atoms. The molecule has 2 fully saturated rings. The Morgan fingerprint density at radius 1 is 1.06 bits per heavy atom. The number of imide groups is 1. The number of rotatable bonds is 1. The van der Waals surface area contributed by atoms with Gasteiger partial charge in [0.2, 0.25) is 0 Å². The lowest BCUT2D eigenvalue weighted by Gasteiger charge is -2.38. The topological polar surface area (TPSA) is 58.2 Å². The van der Waals surface area contributed by atoms with Gasteiger partial charge in [-0.05, 0) is 42.9 Å². The van der Waals surface area contributed by atoms with Gasteiger partial charge in [0, 0.05) is 0 Å². The summed E-state index contributed by atoms with van der Waals surface area (Å²) in [5.74, 6) is 0.910. The number of hydrogen-bond acceptors (Lipinski definition) is 2. The number of urea groups is 1. The molecule has 3 amide bonds. The fourth-order valence-corrected chi connectivity index (χ4v) is 3.08. The summed E-state index contributed by atoms with van der Waals surface area (Å²) >= 11 is 0.